The molecule has 0 unspecified atom stereocenters. The average molecular weight is 409 g/mol. The second-order valence-corrected chi connectivity index (χ2v) is 7.60. The van der Waals surface area contributed by atoms with Gasteiger partial charge >= 0.3 is 0 Å². The first-order valence-corrected chi connectivity index (χ1v) is 10.2. The van der Waals surface area contributed by atoms with Crippen molar-refractivity contribution in [2.45, 2.75) is 32.7 Å². The minimum atomic E-state index is 0.389. The Morgan fingerprint density at radius 1 is 0.900 bits per heavy atom. The average Bonchev–Trinajstić information content (AvgIpc) is 3.12. The Balaban J connectivity index is 1.37. The second-order valence-electron chi connectivity index (χ2n) is 7.60. The fourth-order valence-electron chi connectivity index (χ4n) is 3.84. The number of hydrogen-bond acceptors (Lipinski definition) is 7. The number of aryl methyl sites for hydroxylation is 2. The highest BCUT2D eigenvalue weighted by atomic mass is 16.5. The Labute approximate surface area is 176 Å². The molecule has 0 bridgehead atoms. The number of anilines is 2. The number of piperidine rings is 1. The fourth-order valence-corrected chi connectivity index (χ4v) is 3.84. The number of benzene rings is 1. The topological polar surface area (TPSA) is 77.3 Å². The Bertz CT molecular complexity index is 971. The summed E-state index contributed by atoms with van der Waals surface area (Å²) in [5.74, 6) is 3.22. The van der Waals surface area contributed by atoms with Crippen LogP contribution in [0, 0.1) is 13.8 Å². The molecule has 4 rings (SSSR count). The van der Waals surface area contributed by atoms with Crippen LogP contribution in [0.15, 0.2) is 36.4 Å². The summed E-state index contributed by atoms with van der Waals surface area (Å²) in [5, 5.41) is 16.9. The van der Waals surface area contributed by atoms with E-state index < -0.39 is 0 Å². The standard InChI is InChI=1S/C22H28N6O2/c1-15-11-16(2)28(26-15)22-6-5-21(24-25-22)27-9-7-17(8-10-27)23-18-12-19(29-3)14-20(13-18)30-4/h5-6,11-14,17,23H,7-10H2,1-4H3. The quantitative estimate of drug-likeness (QED) is 0.670. The van der Waals surface area contributed by atoms with E-state index in [-0.39, 0.29) is 0 Å². The Morgan fingerprint density at radius 3 is 2.07 bits per heavy atom. The third-order valence-electron chi connectivity index (χ3n) is 5.40. The molecule has 0 aliphatic carbocycles. The van der Waals surface area contributed by atoms with Gasteiger partial charge in [0, 0.05) is 48.7 Å². The van der Waals surface area contributed by atoms with Crippen LogP contribution in [0.1, 0.15) is 24.2 Å². The van der Waals surface area contributed by atoms with Gasteiger partial charge in [0.15, 0.2) is 11.6 Å². The van der Waals surface area contributed by atoms with Gasteiger partial charge in [0.05, 0.1) is 19.9 Å². The summed E-state index contributed by atoms with van der Waals surface area (Å²) in [7, 11) is 3.33. The van der Waals surface area contributed by atoms with E-state index in [9.17, 15) is 0 Å². The van der Waals surface area contributed by atoms with Gasteiger partial charge in [0.25, 0.3) is 0 Å². The van der Waals surface area contributed by atoms with Gasteiger partial charge in [-0.1, -0.05) is 0 Å². The van der Waals surface area contributed by atoms with Crippen LogP contribution in [-0.2, 0) is 0 Å². The van der Waals surface area contributed by atoms with Gasteiger partial charge in [-0.05, 0) is 44.9 Å². The molecule has 1 saturated heterocycles. The summed E-state index contributed by atoms with van der Waals surface area (Å²) in [6.45, 7) is 5.84. The van der Waals surface area contributed by atoms with Gasteiger partial charge < -0.3 is 19.7 Å². The Hall–Kier alpha value is -3.29. The molecule has 158 valence electrons. The molecule has 1 aromatic carbocycles. The van der Waals surface area contributed by atoms with E-state index in [1.807, 2.05) is 54.9 Å². The molecule has 8 nitrogen and oxygen atoms in total. The first-order chi connectivity index (χ1) is 14.6. The lowest BCUT2D eigenvalue weighted by atomic mass is 10.0. The van der Waals surface area contributed by atoms with E-state index in [2.05, 4.69) is 25.5 Å². The highest BCUT2D eigenvalue weighted by molar-refractivity contribution is 5.54. The second kappa shape index (κ2) is 8.61. The molecule has 1 aliphatic rings. The molecule has 0 atom stereocenters. The molecule has 3 aromatic rings. The largest absolute Gasteiger partial charge is 0.497 e. The van der Waals surface area contributed by atoms with Gasteiger partial charge in [0.2, 0.25) is 0 Å². The summed E-state index contributed by atoms with van der Waals surface area (Å²) in [4.78, 5) is 2.28. The van der Waals surface area contributed by atoms with Gasteiger partial charge in [0.1, 0.15) is 11.5 Å². The van der Waals surface area contributed by atoms with Crippen LogP contribution in [0.5, 0.6) is 11.5 Å². The number of nitrogens with zero attached hydrogens (tertiary/aromatic N) is 5. The van der Waals surface area contributed by atoms with Crippen molar-refractivity contribution in [3.8, 4) is 17.3 Å². The zero-order chi connectivity index (χ0) is 21.1. The summed E-state index contributed by atoms with van der Waals surface area (Å²) in [6.07, 6.45) is 2.03. The SMILES string of the molecule is COc1cc(NC2CCN(c3ccc(-n4nc(C)cc4C)nn3)CC2)cc(OC)c1. The van der Waals surface area contributed by atoms with E-state index in [1.165, 1.54) is 0 Å². The van der Waals surface area contributed by atoms with Gasteiger partial charge in [-0.2, -0.15) is 5.10 Å². The predicted octanol–water partition coefficient (Wildman–Crippen LogP) is 3.38. The molecule has 3 heterocycles. The highest BCUT2D eigenvalue weighted by Crippen LogP contribution is 2.28. The van der Waals surface area contributed by atoms with Crippen molar-refractivity contribution in [3.63, 3.8) is 0 Å². The lowest BCUT2D eigenvalue weighted by Crippen LogP contribution is -2.39. The summed E-state index contributed by atoms with van der Waals surface area (Å²) in [5.41, 5.74) is 3.04. The van der Waals surface area contributed by atoms with Crippen molar-refractivity contribution >= 4 is 11.5 Å². The third-order valence-corrected chi connectivity index (χ3v) is 5.40. The van der Waals surface area contributed by atoms with Crippen LogP contribution in [-0.4, -0.2) is 53.3 Å². The maximum Gasteiger partial charge on any atom is 0.176 e. The molecular weight excluding hydrogens is 380 g/mol. The third kappa shape index (κ3) is 4.32. The van der Waals surface area contributed by atoms with Crippen molar-refractivity contribution in [1.29, 1.82) is 0 Å². The van der Waals surface area contributed by atoms with Crippen LogP contribution >= 0.6 is 0 Å². The number of hydrogen-bond donors (Lipinski definition) is 1. The molecule has 8 heteroatoms. The minimum absolute atomic E-state index is 0.389. The van der Waals surface area contributed by atoms with E-state index in [0.29, 0.717) is 6.04 Å². The lowest BCUT2D eigenvalue weighted by molar-refractivity contribution is 0.394. The highest BCUT2D eigenvalue weighted by Gasteiger charge is 2.21. The number of rotatable bonds is 6. The molecular formula is C22H28N6O2. The summed E-state index contributed by atoms with van der Waals surface area (Å²) in [6, 6.07) is 12.3. The van der Waals surface area contributed by atoms with Crippen LogP contribution in [0.4, 0.5) is 11.5 Å². The van der Waals surface area contributed by atoms with Gasteiger partial charge in [-0.3, -0.25) is 0 Å². The molecule has 1 fully saturated rings. The molecule has 0 amide bonds. The molecule has 2 aromatic heterocycles. The molecule has 0 saturated carbocycles. The maximum atomic E-state index is 5.36. The van der Waals surface area contributed by atoms with Crippen LogP contribution in [0.25, 0.3) is 5.82 Å². The van der Waals surface area contributed by atoms with Crippen molar-refractivity contribution in [3.05, 3.63) is 47.8 Å². The van der Waals surface area contributed by atoms with E-state index in [0.717, 1.165) is 66.1 Å². The number of methoxy groups -OCH3 is 2. The zero-order valence-electron chi connectivity index (χ0n) is 17.9. The van der Waals surface area contributed by atoms with E-state index >= 15 is 0 Å². The monoisotopic (exact) mass is 408 g/mol. The summed E-state index contributed by atoms with van der Waals surface area (Å²) < 4.78 is 12.5. The first kappa shape index (κ1) is 20.0. The number of nitrogens with one attached hydrogen (secondary N) is 1. The number of ether oxygens (including phenoxy) is 2. The molecule has 0 spiro atoms. The Morgan fingerprint density at radius 2 is 1.53 bits per heavy atom. The Kier molecular flexibility index (Phi) is 5.74. The van der Waals surface area contributed by atoms with Gasteiger partial charge in [-0.15, -0.1) is 10.2 Å². The molecule has 1 N–H and O–H groups in total. The van der Waals surface area contributed by atoms with Crippen LogP contribution < -0.4 is 19.7 Å². The van der Waals surface area contributed by atoms with Crippen molar-refractivity contribution in [1.82, 2.24) is 20.0 Å². The minimum Gasteiger partial charge on any atom is -0.497 e. The van der Waals surface area contributed by atoms with Gasteiger partial charge in [-0.25, -0.2) is 4.68 Å². The molecule has 30 heavy (non-hydrogen) atoms. The van der Waals surface area contributed by atoms with Crippen molar-refractivity contribution < 1.29 is 9.47 Å². The van der Waals surface area contributed by atoms with Crippen molar-refractivity contribution in [2.75, 3.05) is 37.5 Å². The summed E-state index contributed by atoms with van der Waals surface area (Å²) >= 11 is 0. The van der Waals surface area contributed by atoms with E-state index in [1.54, 1.807) is 14.2 Å². The lowest BCUT2D eigenvalue weighted by Gasteiger charge is -2.33. The van der Waals surface area contributed by atoms with Crippen LogP contribution in [0.3, 0.4) is 0 Å². The normalized spacial score (nSPS) is 14.6. The predicted molar refractivity (Wildman–Crippen MR) is 117 cm³/mol. The first-order valence-electron chi connectivity index (χ1n) is 10.2. The zero-order valence-corrected chi connectivity index (χ0v) is 17.9. The fraction of sp³-hybridized carbons (Fsp3) is 0.409. The van der Waals surface area contributed by atoms with Crippen LogP contribution in [0.2, 0.25) is 0 Å². The maximum absolute atomic E-state index is 5.36. The number of aromatic nitrogens is 4. The molecule has 1 aliphatic heterocycles. The van der Waals surface area contributed by atoms with E-state index in [4.69, 9.17) is 9.47 Å². The molecule has 0 radical (unpaired) electrons. The smallest absolute Gasteiger partial charge is 0.176 e. The van der Waals surface area contributed by atoms with Crippen molar-refractivity contribution in [2.24, 2.45) is 0 Å².